The van der Waals surface area contributed by atoms with Crippen LogP contribution in [0.2, 0.25) is 0 Å². The number of hydrogen-bond acceptors (Lipinski definition) is 3. The first-order chi connectivity index (χ1) is 13.0. The highest BCUT2D eigenvalue weighted by Crippen LogP contribution is 2.33. The van der Waals surface area contributed by atoms with Crippen LogP contribution in [0.15, 0.2) is 54.6 Å². The summed E-state index contributed by atoms with van der Waals surface area (Å²) in [5.41, 5.74) is 2.48. The summed E-state index contributed by atoms with van der Waals surface area (Å²) in [6.45, 7) is 0.915. The van der Waals surface area contributed by atoms with Crippen molar-refractivity contribution in [1.29, 1.82) is 0 Å². The van der Waals surface area contributed by atoms with Crippen LogP contribution in [0.4, 0.5) is 0 Å². The Hall–Kier alpha value is -3.15. The average molecular weight is 364 g/mol. The van der Waals surface area contributed by atoms with Crippen LogP contribution in [0.1, 0.15) is 27.4 Å². The molecule has 2 amide bonds. The normalized spacial score (nSPS) is 21.4. The Labute approximate surface area is 157 Å². The Bertz CT molecular complexity index is 896. The maximum Gasteiger partial charge on any atom is 0.308 e. The zero-order valence-electron chi connectivity index (χ0n) is 14.7. The highest BCUT2D eigenvalue weighted by Gasteiger charge is 2.41. The molecule has 2 unspecified atom stereocenters. The van der Waals surface area contributed by atoms with Crippen LogP contribution in [-0.4, -0.2) is 52.3 Å². The molecule has 2 heterocycles. The molecular weight excluding hydrogens is 344 g/mol. The van der Waals surface area contributed by atoms with Crippen LogP contribution in [0.25, 0.3) is 0 Å². The molecule has 6 nitrogen and oxygen atoms in total. The Kier molecular flexibility index (Phi) is 4.39. The molecule has 0 bridgehead atoms. The van der Waals surface area contributed by atoms with Gasteiger partial charge in [0.15, 0.2) is 0 Å². The molecule has 2 aromatic rings. The second-order valence-electron chi connectivity index (χ2n) is 7.08. The Morgan fingerprint density at radius 2 is 1.70 bits per heavy atom. The number of amides is 2. The molecule has 1 fully saturated rings. The maximum absolute atomic E-state index is 12.8. The van der Waals surface area contributed by atoms with Gasteiger partial charge in [0.1, 0.15) is 6.54 Å². The minimum atomic E-state index is -0.899. The van der Waals surface area contributed by atoms with Crippen molar-refractivity contribution in [2.24, 2.45) is 5.92 Å². The summed E-state index contributed by atoms with van der Waals surface area (Å²) in [5, 5.41) is 9.59. The highest BCUT2D eigenvalue weighted by atomic mass is 16.4. The summed E-state index contributed by atoms with van der Waals surface area (Å²) in [5.74, 6) is -2.13. The Morgan fingerprint density at radius 3 is 2.41 bits per heavy atom. The van der Waals surface area contributed by atoms with Crippen molar-refractivity contribution in [3.05, 3.63) is 71.3 Å². The van der Waals surface area contributed by atoms with E-state index in [1.165, 1.54) is 4.90 Å². The number of carboxylic acids is 1. The summed E-state index contributed by atoms with van der Waals surface area (Å²) in [6.07, 6.45) is 0. The molecule has 0 radical (unpaired) electrons. The molecule has 27 heavy (non-hydrogen) atoms. The molecule has 2 aromatic carbocycles. The first-order valence-electron chi connectivity index (χ1n) is 8.97. The van der Waals surface area contributed by atoms with Gasteiger partial charge in [-0.05, 0) is 17.2 Å². The molecule has 138 valence electrons. The summed E-state index contributed by atoms with van der Waals surface area (Å²) in [4.78, 5) is 40.0. The molecule has 1 N–H and O–H groups in total. The van der Waals surface area contributed by atoms with Crippen molar-refractivity contribution in [3.63, 3.8) is 0 Å². The second kappa shape index (κ2) is 6.87. The smallest absolute Gasteiger partial charge is 0.308 e. The van der Waals surface area contributed by atoms with Crippen molar-refractivity contribution in [3.8, 4) is 0 Å². The van der Waals surface area contributed by atoms with Gasteiger partial charge in [-0.2, -0.15) is 0 Å². The molecule has 2 atom stereocenters. The van der Waals surface area contributed by atoms with E-state index >= 15 is 0 Å². The van der Waals surface area contributed by atoms with E-state index in [1.807, 2.05) is 48.5 Å². The van der Waals surface area contributed by atoms with Crippen molar-refractivity contribution in [2.45, 2.75) is 12.5 Å². The van der Waals surface area contributed by atoms with E-state index in [2.05, 4.69) is 0 Å². The van der Waals surface area contributed by atoms with Crippen LogP contribution >= 0.6 is 0 Å². The fraction of sp³-hybridized carbons (Fsp3) is 0.286. The van der Waals surface area contributed by atoms with Crippen LogP contribution in [-0.2, 0) is 16.1 Å². The minimum absolute atomic E-state index is 0.0264. The summed E-state index contributed by atoms with van der Waals surface area (Å²) >= 11 is 0. The number of fused-ring (bicyclic) bond motifs is 1. The summed E-state index contributed by atoms with van der Waals surface area (Å²) < 4.78 is 0. The van der Waals surface area contributed by atoms with Crippen LogP contribution in [0.3, 0.4) is 0 Å². The molecule has 4 rings (SSSR count). The van der Waals surface area contributed by atoms with E-state index in [1.54, 1.807) is 11.0 Å². The van der Waals surface area contributed by atoms with E-state index < -0.39 is 11.9 Å². The predicted octanol–water partition coefficient (Wildman–Crippen LogP) is 1.97. The zero-order chi connectivity index (χ0) is 19.0. The first kappa shape index (κ1) is 17.3. The number of carboxylic acid groups (broad SMARTS) is 1. The van der Waals surface area contributed by atoms with Gasteiger partial charge in [0.25, 0.3) is 5.91 Å². The molecule has 2 aliphatic rings. The lowest BCUT2D eigenvalue weighted by molar-refractivity contribution is -0.141. The number of rotatable bonds is 4. The van der Waals surface area contributed by atoms with Gasteiger partial charge in [0, 0.05) is 31.1 Å². The fourth-order valence-corrected chi connectivity index (χ4v) is 4.00. The zero-order valence-corrected chi connectivity index (χ0v) is 14.7. The molecule has 0 spiro atoms. The topological polar surface area (TPSA) is 77.9 Å². The molecule has 2 aliphatic heterocycles. The van der Waals surface area contributed by atoms with Gasteiger partial charge >= 0.3 is 5.97 Å². The lowest BCUT2D eigenvalue weighted by atomic mass is 9.89. The molecule has 0 aliphatic carbocycles. The van der Waals surface area contributed by atoms with Gasteiger partial charge in [-0.25, -0.2) is 0 Å². The SMILES string of the molecule is O=C(O)C1CN(C(=O)CN2Cc3ccccc3C2=O)CC1c1ccccc1. The van der Waals surface area contributed by atoms with E-state index in [0.717, 1.165) is 11.1 Å². The van der Waals surface area contributed by atoms with Crippen molar-refractivity contribution in [2.75, 3.05) is 19.6 Å². The van der Waals surface area contributed by atoms with Gasteiger partial charge in [0.2, 0.25) is 5.91 Å². The van der Waals surface area contributed by atoms with Crippen molar-refractivity contribution in [1.82, 2.24) is 9.80 Å². The van der Waals surface area contributed by atoms with Gasteiger partial charge < -0.3 is 14.9 Å². The van der Waals surface area contributed by atoms with E-state index in [-0.39, 0.29) is 30.8 Å². The standard InChI is InChI=1S/C21H20N2O4/c24-19(13-23-10-15-8-4-5-9-16(15)20(23)25)22-11-17(18(12-22)21(26)27)14-6-2-1-3-7-14/h1-9,17-18H,10-13H2,(H,26,27). The number of aliphatic carboxylic acids is 1. The van der Waals surface area contributed by atoms with Crippen LogP contribution in [0.5, 0.6) is 0 Å². The molecule has 1 saturated heterocycles. The van der Waals surface area contributed by atoms with E-state index in [4.69, 9.17) is 0 Å². The van der Waals surface area contributed by atoms with Gasteiger partial charge in [-0.3, -0.25) is 14.4 Å². The molecular formula is C21H20N2O4. The minimum Gasteiger partial charge on any atom is -0.481 e. The number of carbonyl (C=O) groups is 3. The van der Waals surface area contributed by atoms with Crippen molar-refractivity contribution >= 4 is 17.8 Å². The number of carbonyl (C=O) groups excluding carboxylic acids is 2. The molecule has 0 saturated carbocycles. The van der Waals surface area contributed by atoms with Crippen LogP contribution in [0, 0.1) is 5.92 Å². The fourth-order valence-electron chi connectivity index (χ4n) is 4.00. The molecule has 6 heteroatoms. The Balaban J connectivity index is 1.47. The molecule has 0 aromatic heterocycles. The number of likely N-dealkylation sites (tertiary alicyclic amines) is 1. The third-order valence-electron chi connectivity index (χ3n) is 5.44. The number of hydrogen-bond donors (Lipinski definition) is 1. The summed E-state index contributed by atoms with van der Waals surface area (Å²) in [7, 11) is 0. The van der Waals surface area contributed by atoms with E-state index in [9.17, 15) is 19.5 Å². The number of benzene rings is 2. The Morgan fingerprint density at radius 1 is 1.00 bits per heavy atom. The summed E-state index contributed by atoms with van der Waals surface area (Å²) in [6, 6.07) is 16.8. The van der Waals surface area contributed by atoms with Gasteiger partial charge in [-0.15, -0.1) is 0 Å². The van der Waals surface area contributed by atoms with E-state index in [0.29, 0.717) is 18.7 Å². The lowest BCUT2D eigenvalue weighted by Gasteiger charge is -2.21. The predicted molar refractivity (Wildman–Crippen MR) is 98.1 cm³/mol. The maximum atomic E-state index is 12.8. The second-order valence-corrected chi connectivity index (χ2v) is 7.08. The first-order valence-corrected chi connectivity index (χ1v) is 8.97. The largest absolute Gasteiger partial charge is 0.481 e. The average Bonchev–Trinajstić information content (AvgIpc) is 3.26. The van der Waals surface area contributed by atoms with Gasteiger partial charge in [-0.1, -0.05) is 48.5 Å². The third-order valence-corrected chi connectivity index (χ3v) is 5.44. The highest BCUT2D eigenvalue weighted by molar-refractivity contribution is 6.00. The number of nitrogens with zero attached hydrogens (tertiary/aromatic N) is 2. The van der Waals surface area contributed by atoms with Crippen molar-refractivity contribution < 1.29 is 19.5 Å². The van der Waals surface area contributed by atoms with Crippen LogP contribution < -0.4 is 0 Å². The third kappa shape index (κ3) is 3.18. The quantitative estimate of drug-likeness (QED) is 0.900. The van der Waals surface area contributed by atoms with Gasteiger partial charge in [0.05, 0.1) is 5.92 Å². The lowest BCUT2D eigenvalue weighted by Crippen LogP contribution is -2.39. The monoisotopic (exact) mass is 364 g/mol.